The highest BCUT2D eigenvalue weighted by atomic mass is 19.1. The van der Waals surface area contributed by atoms with Crippen molar-refractivity contribution in [3.05, 3.63) is 24.2 Å². The summed E-state index contributed by atoms with van der Waals surface area (Å²) in [5.41, 5.74) is 7.54. The summed E-state index contributed by atoms with van der Waals surface area (Å²) in [4.78, 5) is 16.9. The topological polar surface area (TPSA) is 86.4 Å². The second kappa shape index (κ2) is 7.54. The van der Waals surface area contributed by atoms with Gasteiger partial charge >= 0.3 is 0 Å². The largest absolute Gasteiger partial charge is 0.457 e. The van der Waals surface area contributed by atoms with Gasteiger partial charge in [-0.2, -0.15) is 0 Å². The summed E-state index contributed by atoms with van der Waals surface area (Å²) in [7, 11) is 0. The molecule has 3 atom stereocenters. The van der Waals surface area contributed by atoms with Crippen LogP contribution < -0.4 is 15.4 Å². The Morgan fingerprint density at radius 2 is 2.00 bits per heavy atom. The Labute approximate surface area is 187 Å². The zero-order valence-electron chi connectivity index (χ0n) is 18.5. The Morgan fingerprint density at radius 1 is 1.22 bits per heavy atom. The molecule has 7 rings (SSSR count). The standard InChI is InChI=1S/C24H30FN5O2/c1-14(25)32-20-8-16(11-27-22(20)26)19-10-21(30-12-18-9-17(30)13-31-18)29-23(28-19)24-5-2-15(3-6-24)4-7-24/h8,10-11,14-15,17-18H,2-7,9,12-13H2,1H3,(H2,26,27)/t14?,15?,17-,18-,24?/m0/s1. The molecular formula is C24H30FN5O2. The van der Waals surface area contributed by atoms with Crippen LogP contribution in [0.25, 0.3) is 11.3 Å². The van der Waals surface area contributed by atoms with E-state index in [1.54, 1.807) is 12.3 Å². The highest BCUT2D eigenvalue weighted by Crippen LogP contribution is 2.51. The van der Waals surface area contributed by atoms with E-state index in [1.807, 2.05) is 6.07 Å². The van der Waals surface area contributed by atoms with Gasteiger partial charge in [0.1, 0.15) is 11.6 Å². The van der Waals surface area contributed by atoms with Gasteiger partial charge in [-0.05, 0) is 56.9 Å². The number of hydrogen-bond donors (Lipinski definition) is 1. The average molecular weight is 440 g/mol. The van der Waals surface area contributed by atoms with Crippen LogP contribution in [0, 0.1) is 5.92 Å². The number of aromatic nitrogens is 3. The summed E-state index contributed by atoms with van der Waals surface area (Å²) in [6, 6.07) is 4.14. The van der Waals surface area contributed by atoms with Gasteiger partial charge in [0.25, 0.3) is 0 Å². The second-order valence-electron chi connectivity index (χ2n) is 9.96. The fourth-order valence-electron chi connectivity index (χ4n) is 6.10. The van der Waals surface area contributed by atoms with Crippen LogP contribution in [0.5, 0.6) is 5.75 Å². The third kappa shape index (κ3) is 3.39. The molecule has 2 saturated heterocycles. The first-order valence-electron chi connectivity index (χ1n) is 11.8. The molecule has 5 fully saturated rings. The van der Waals surface area contributed by atoms with Crippen LogP contribution >= 0.6 is 0 Å². The molecule has 3 saturated carbocycles. The van der Waals surface area contributed by atoms with Crippen LogP contribution in [0.4, 0.5) is 16.0 Å². The number of alkyl halides is 1. The van der Waals surface area contributed by atoms with Crippen molar-refractivity contribution in [1.82, 2.24) is 15.0 Å². The fourth-order valence-corrected chi connectivity index (χ4v) is 6.10. The molecule has 2 N–H and O–H groups in total. The maximum Gasteiger partial charge on any atom is 0.236 e. The van der Waals surface area contributed by atoms with Crippen LogP contribution in [-0.2, 0) is 10.2 Å². The van der Waals surface area contributed by atoms with Gasteiger partial charge in [-0.25, -0.2) is 19.3 Å². The number of hydrogen-bond acceptors (Lipinski definition) is 7. The monoisotopic (exact) mass is 439 g/mol. The van der Waals surface area contributed by atoms with Crippen molar-refractivity contribution in [3.8, 4) is 17.0 Å². The minimum absolute atomic E-state index is 0.0583. The molecule has 0 aromatic carbocycles. The third-order valence-corrected chi connectivity index (χ3v) is 7.94. The number of fused-ring (bicyclic) bond motifs is 5. The van der Waals surface area contributed by atoms with Gasteiger partial charge in [-0.15, -0.1) is 0 Å². The summed E-state index contributed by atoms with van der Waals surface area (Å²) in [5, 5.41) is 0. The van der Waals surface area contributed by atoms with Crippen LogP contribution in [0.1, 0.15) is 57.7 Å². The van der Waals surface area contributed by atoms with Crippen molar-refractivity contribution in [2.45, 2.75) is 75.8 Å². The Bertz CT molecular complexity index is 1010. The molecule has 0 radical (unpaired) electrons. The Morgan fingerprint density at radius 3 is 2.66 bits per heavy atom. The Balaban J connectivity index is 1.44. The zero-order chi connectivity index (χ0) is 21.9. The number of anilines is 2. The molecule has 2 aliphatic heterocycles. The van der Waals surface area contributed by atoms with Gasteiger partial charge in [-0.1, -0.05) is 0 Å². The van der Waals surface area contributed by atoms with E-state index in [0.717, 1.165) is 67.7 Å². The normalized spacial score (nSPS) is 31.8. The first-order chi connectivity index (χ1) is 15.5. The number of nitrogens with zero attached hydrogens (tertiary/aromatic N) is 4. The number of halogens is 1. The minimum Gasteiger partial charge on any atom is -0.457 e. The molecule has 1 unspecified atom stereocenters. The number of ether oxygens (including phenoxy) is 2. The molecule has 5 aliphatic rings. The maximum absolute atomic E-state index is 13.5. The average Bonchev–Trinajstić information content (AvgIpc) is 3.45. The predicted molar refractivity (Wildman–Crippen MR) is 119 cm³/mol. The number of nitrogens with two attached hydrogens (primary N) is 1. The van der Waals surface area contributed by atoms with Crippen molar-refractivity contribution < 1.29 is 13.9 Å². The molecule has 2 aromatic heterocycles. The summed E-state index contributed by atoms with van der Waals surface area (Å²) < 4.78 is 24.6. The van der Waals surface area contributed by atoms with Crippen molar-refractivity contribution in [2.24, 2.45) is 5.92 Å². The highest BCUT2D eigenvalue weighted by molar-refractivity contribution is 5.67. The van der Waals surface area contributed by atoms with E-state index >= 15 is 0 Å². The number of rotatable bonds is 5. The molecule has 8 heteroatoms. The van der Waals surface area contributed by atoms with E-state index in [2.05, 4.69) is 9.88 Å². The van der Waals surface area contributed by atoms with E-state index in [4.69, 9.17) is 25.2 Å². The molecular weight excluding hydrogens is 409 g/mol. The lowest BCUT2D eigenvalue weighted by atomic mass is 9.60. The van der Waals surface area contributed by atoms with Crippen LogP contribution in [0.15, 0.2) is 18.3 Å². The number of pyridine rings is 1. The number of nitrogen functional groups attached to an aromatic ring is 1. The van der Waals surface area contributed by atoms with Gasteiger partial charge in [-0.3, -0.25) is 0 Å². The highest BCUT2D eigenvalue weighted by Gasteiger charge is 2.45. The summed E-state index contributed by atoms with van der Waals surface area (Å²) in [6.45, 7) is 2.95. The van der Waals surface area contributed by atoms with E-state index in [9.17, 15) is 4.39 Å². The van der Waals surface area contributed by atoms with Crippen molar-refractivity contribution in [2.75, 3.05) is 23.8 Å². The summed E-state index contributed by atoms with van der Waals surface area (Å²) >= 11 is 0. The predicted octanol–water partition coefficient (Wildman–Crippen LogP) is 4.01. The van der Waals surface area contributed by atoms with Crippen molar-refractivity contribution in [3.63, 3.8) is 0 Å². The summed E-state index contributed by atoms with van der Waals surface area (Å²) in [5.74, 6) is 3.19. The minimum atomic E-state index is -1.47. The van der Waals surface area contributed by atoms with Crippen molar-refractivity contribution >= 4 is 11.6 Å². The molecule has 0 spiro atoms. The van der Waals surface area contributed by atoms with Crippen LogP contribution in [0.2, 0.25) is 0 Å². The third-order valence-electron chi connectivity index (χ3n) is 7.94. The van der Waals surface area contributed by atoms with Gasteiger partial charge < -0.3 is 20.1 Å². The lowest BCUT2D eigenvalue weighted by Crippen LogP contribution is -2.41. The quantitative estimate of drug-likeness (QED) is 0.753. The molecule has 0 amide bonds. The Hall–Kier alpha value is -2.48. The lowest BCUT2D eigenvalue weighted by Gasteiger charge is -2.45. The van der Waals surface area contributed by atoms with E-state index < -0.39 is 6.36 Å². The van der Waals surface area contributed by atoms with E-state index in [0.29, 0.717) is 6.04 Å². The van der Waals surface area contributed by atoms with Gasteiger partial charge in [0.2, 0.25) is 6.36 Å². The molecule has 7 nitrogen and oxygen atoms in total. The maximum atomic E-state index is 13.5. The molecule has 170 valence electrons. The fraction of sp³-hybridized carbons (Fsp3) is 0.625. The molecule has 4 heterocycles. The Kier molecular flexibility index (Phi) is 4.75. The van der Waals surface area contributed by atoms with Crippen LogP contribution in [0.3, 0.4) is 0 Å². The SMILES string of the molecule is CC(F)Oc1cc(-c2cc(N3C[C@@H]4C[C@H]3CO4)nc(C34CCC(CC3)CC4)n2)cnc1N. The first-order valence-corrected chi connectivity index (χ1v) is 11.8. The first kappa shape index (κ1) is 20.1. The number of morpholine rings is 1. The molecule has 4 bridgehead atoms. The molecule has 32 heavy (non-hydrogen) atoms. The molecule has 3 aliphatic carbocycles. The second-order valence-corrected chi connectivity index (χ2v) is 9.96. The lowest BCUT2D eigenvalue weighted by molar-refractivity contribution is 0.0866. The van der Waals surface area contributed by atoms with Gasteiger partial charge in [0.15, 0.2) is 11.6 Å². The van der Waals surface area contributed by atoms with Gasteiger partial charge in [0.05, 0.1) is 24.4 Å². The van der Waals surface area contributed by atoms with E-state index in [-0.39, 0.29) is 23.1 Å². The van der Waals surface area contributed by atoms with E-state index in [1.165, 1.54) is 26.2 Å². The smallest absolute Gasteiger partial charge is 0.236 e. The zero-order valence-corrected chi connectivity index (χ0v) is 18.5. The summed E-state index contributed by atoms with van der Waals surface area (Å²) in [6.07, 6.45) is 8.82. The van der Waals surface area contributed by atoms with Crippen LogP contribution in [-0.4, -0.2) is 46.6 Å². The molecule has 2 aromatic rings. The van der Waals surface area contributed by atoms with Crippen molar-refractivity contribution in [1.29, 1.82) is 0 Å². The van der Waals surface area contributed by atoms with Gasteiger partial charge in [0, 0.05) is 36.7 Å².